The number of aromatic nitrogens is 2. The van der Waals surface area contributed by atoms with Gasteiger partial charge in [0.15, 0.2) is 0 Å². The molecule has 1 aromatic heterocycles. The quantitative estimate of drug-likeness (QED) is 0.917. The Morgan fingerprint density at radius 3 is 2.42 bits per heavy atom. The van der Waals surface area contributed by atoms with Crippen molar-refractivity contribution in [1.82, 2.24) is 14.7 Å². The summed E-state index contributed by atoms with van der Waals surface area (Å²) in [6.07, 6.45) is 1.66. The number of hydrogen-bond acceptors (Lipinski definition) is 3. The average molecular weight is 353 g/mol. The van der Waals surface area contributed by atoms with Crippen molar-refractivity contribution in [2.24, 2.45) is 17.8 Å². The summed E-state index contributed by atoms with van der Waals surface area (Å²) in [5.74, 6) is -0.666. The molecule has 2 fully saturated rings. The second kappa shape index (κ2) is 5.97. The topological polar surface area (TPSA) is 75.4 Å². The van der Waals surface area contributed by atoms with E-state index in [4.69, 9.17) is 5.11 Å². The molecule has 1 aromatic carbocycles. The zero-order valence-corrected chi connectivity index (χ0v) is 15.2. The SMILES string of the molecule is Cc1ccccc1-n1ncc(C(=O)N2C[C@@H]3C(C(=O)O)[C@@H]3C2)c1C(C)C. The lowest BCUT2D eigenvalue weighted by molar-refractivity contribution is -0.139. The standard InChI is InChI=1S/C20H23N3O3/c1-11(2)18-13(8-21-23(18)16-7-5-4-6-12(16)3)19(24)22-9-14-15(10-22)17(14)20(25)26/h4-8,11,14-15,17H,9-10H2,1-3H3,(H,25,26)/t14-,15+,17?. The molecule has 4 rings (SSSR count). The third-order valence-corrected chi connectivity index (χ3v) is 5.69. The normalized spacial score (nSPS) is 24.0. The Kier molecular flexibility index (Phi) is 3.86. The number of fused-ring (bicyclic) bond motifs is 1. The molecule has 2 heterocycles. The first-order valence-electron chi connectivity index (χ1n) is 9.06. The van der Waals surface area contributed by atoms with Crippen LogP contribution in [0.2, 0.25) is 0 Å². The molecule has 6 heteroatoms. The molecule has 1 amide bonds. The van der Waals surface area contributed by atoms with Crippen molar-refractivity contribution < 1.29 is 14.7 Å². The number of carboxylic acid groups (broad SMARTS) is 1. The number of carbonyl (C=O) groups is 2. The number of carbonyl (C=O) groups excluding carboxylic acids is 1. The van der Waals surface area contributed by atoms with E-state index in [0.29, 0.717) is 18.7 Å². The summed E-state index contributed by atoms with van der Waals surface area (Å²) in [6.45, 7) is 7.22. The fourth-order valence-electron chi connectivity index (χ4n) is 4.30. The molecule has 2 aromatic rings. The van der Waals surface area contributed by atoms with Crippen molar-refractivity contribution in [3.63, 3.8) is 0 Å². The number of benzene rings is 1. The molecule has 1 aliphatic heterocycles. The van der Waals surface area contributed by atoms with Gasteiger partial charge in [-0.25, -0.2) is 4.68 Å². The van der Waals surface area contributed by atoms with Crippen LogP contribution in [-0.4, -0.2) is 44.8 Å². The molecular formula is C20H23N3O3. The molecule has 6 nitrogen and oxygen atoms in total. The first-order valence-corrected chi connectivity index (χ1v) is 9.06. The molecule has 2 aliphatic rings. The maximum Gasteiger partial charge on any atom is 0.307 e. The summed E-state index contributed by atoms with van der Waals surface area (Å²) in [4.78, 5) is 26.0. The number of amides is 1. The van der Waals surface area contributed by atoms with Crippen LogP contribution in [0.1, 0.15) is 41.4 Å². The van der Waals surface area contributed by atoms with Crippen LogP contribution in [0, 0.1) is 24.7 Å². The summed E-state index contributed by atoms with van der Waals surface area (Å²) in [5.41, 5.74) is 3.60. The molecule has 1 aliphatic carbocycles. The maximum atomic E-state index is 13.1. The number of aryl methyl sites for hydroxylation is 1. The Labute approximate surface area is 152 Å². The number of hydrogen-bond donors (Lipinski definition) is 1. The zero-order valence-electron chi connectivity index (χ0n) is 15.2. The summed E-state index contributed by atoms with van der Waals surface area (Å²) in [5, 5.41) is 13.7. The highest BCUT2D eigenvalue weighted by atomic mass is 16.4. The van der Waals surface area contributed by atoms with Crippen molar-refractivity contribution in [3.05, 3.63) is 47.3 Å². The summed E-state index contributed by atoms with van der Waals surface area (Å²) >= 11 is 0. The minimum atomic E-state index is -0.734. The Bertz CT molecular complexity index is 874. The zero-order chi connectivity index (χ0) is 18.6. The van der Waals surface area contributed by atoms with Crippen LogP contribution in [0.3, 0.4) is 0 Å². The minimum absolute atomic E-state index is 0.0372. The van der Waals surface area contributed by atoms with E-state index < -0.39 is 5.97 Å². The monoisotopic (exact) mass is 353 g/mol. The van der Waals surface area contributed by atoms with Gasteiger partial charge in [-0.1, -0.05) is 32.0 Å². The van der Waals surface area contributed by atoms with Crippen molar-refractivity contribution in [2.75, 3.05) is 13.1 Å². The van der Waals surface area contributed by atoms with E-state index in [2.05, 4.69) is 18.9 Å². The van der Waals surface area contributed by atoms with Gasteiger partial charge in [0.05, 0.1) is 29.1 Å². The number of nitrogens with zero attached hydrogens (tertiary/aromatic N) is 3. The van der Waals surface area contributed by atoms with Crippen LogP contribution in [0.4, 0.5) is 0 Å². The number of aliphatic carboxylic acids is 1. The molecule has 3 atom stereocenters. The van der Waals surface area contributed by atoms with E-state index in [1.165, 1.54) is 0 Å². The molecule has 0 spiro atoms. The summed E-state index contributed by atoms with van der Waals surface area (Å²) < 4.78 is 1.87. The number of carboxylic acids is 1. The molecule has 26 heavy (non-hydrogen) atoms. The van der Waals surface area contributed by atoms with Crippen LogP contribution < -0.4 is 0 Å². The van der Waals surface area contributed by atoms with Crippen LogP contribution >= 0.6 is 0 Å². The number of rotatable bonds is 4. The number of piperidine rings is 1. The molecular weight excluding hydrogens is 330 g/mol. The lowest BCUT2D eigenvalue weighted by Gasteiger charge is -2.20. The second-order valence-electron chi connectivity index (χ2n) is 7.70. The van der Waals surface area contributed by atoms with Gasteiger partial charge in [-0.3, -0.25) is 9.59 Å². The second-order valence-corrected chi connectivity index (χ2v) is 7.70. The Balaban J connectivity index is 1.63. The van der Waals surface area contributed by atoms with E-state index in [9.17, 15) is 9.59 Å². The molecule has 0 bridgehead atoms. The van der Waals surface area contributed by atoms with Gasteiger partial charge in [0.2, 0.25) is 0 Å². The van der Waals surface area contributed by atoms with Crippen LogP contribution in [-0.2, 0) is 4.79 Å². The first kappa shape index (κ1) is 16.8. The van der Waals surface area contributed by atoms with E-state index in [1.807, 2.05) is 35.9 Å². The fourth-order valence-corrected chi connectivity index (χ4v) is 4.30. The summed E-state index contributed by atoms with van der Waals surface area (Å²) in [7, 11) is 0. The highest BCUT2D eigenvalue weighted by molar-refractivity contribution is 5.96. The van der Waals surface area contributed by atoms with E-state index in [0.717, 1.165) is 16.9 Å². The Hall–Kier alpha value is -2.63. The molecule has 1 N–H and O–H groups in total. The number of para-hydroxylation sites is 1. The highest BCUT2D eigenvalue weighted by Crippen LogP contribution is 2.52. The van der Waals surface area contributed by atoms with Gasteiger partial charge in [0.1, 0.15) is 0 Å². The number of likely N-dealkylation sites (tertiary alicyclic amines) is 1. The van der Waals surface area contributed by atoms with Gasteiger partial charge in [0, 0.05) is 13.1 Å². The fraction of sp³-hybridized carbons (Fsp3) is 0.450. The molecule has 136 valence electrons. The van der Waals surface area contributed by atoms with Gasteiger partial charge < -0.3 is 10.0 Å². The van der Waals surface area contributed by atoms with Gasteiger partial charge in [-0.15, -0.1) is 0 Å². The van der Waals surface area contributed by atoms with Crippen LogP contribution in [0.15, 0.2) is 30.5 Å². The predicted molar refractivity (Wildman–Crippen MR) is 96.4 cm³/mol. The van der Waals surface area contributed by atoms with E-state index in [1.54, 1.807) is 11.1 Å². The Morgan fingerprint density at radius 2 is 1.85 bits per heavy atom. The highest BCUT2D eigenvalue weighted by Gasteiger charge is 2.60. The third-order valence-electron chi connectivity index (χ3n) is 5.69. The smallest absolute Gasteiger partial charge is 0.307 e. The van der Waals surface area contributed by atoms with Gasteiger partial charge in [-0.05, 0) is 36.3 Å². The largest absolute Gasteiger partial charge is 0.481 e. The van der Waals surface area contributed by atoms with Gasteiger partial charge in [-0.2, -0.15) is 5.10 Å². The lowest BCUT2D eigenvalue weighted by Crippen LogP contribution is -2.33. The third kappa shape index (κ3) is 2.52. The van der Waals surface area contributed by atoms with Gasteiger partial charge >= 0.3 is 5.97 Å². The Morgan fingerprint density at radius 1 is 1.19 bits per heavy atom. The molecule has 1 saturated carbocycles. The van der Waals surface area contributed by atoms with Crippen LogP contribution in [0.25, 0.3) is 5.69 Å². The van der Waals surface area contributed by atoms with Crippen molar-refractivity contribution in [3.8, 4) is 5.69 Å². The minimum Gasteiger partial charge on any atom is -0.481 e. The van der Waals surface area contributed by atoms with Crippen molar-refractivity contribution in [1.29, 1.82) is 0 Å². The summed E-state index contributed by atoms with van der Waals surface area (Å²) in [6, 6.07) is 7.99. The predicted octanol–water partition coefficient (Wildman–Crippen LogP) is 2.71. The van der Waals surface area contributed by atoms with Crippen LogP contribution in [0.5, 0.6) is 0 Å². The average Bonchev–Trinajstić information content (AvgIpc) is 2.97. The van der Waals surface area contributed by atoms with E-state index in [-0.39, 0.29) is 29.6 Å². The van der Waals surface area contributed by atoms with Crippen molar-refractivity contribution in [2.45, 2.75) is 26.7 Å². The first-order chi connectivity index (χ1) is 12.4. The molecule has 1 unspecified atom stereocenters. The van der Waals surface area contributed by atoms with Gasteiger partial charge in [0.25, 0.3) is 5.91 Å². The lowest BCUT2D eigenvalue weighted by atomic mass is 10.0. The molecule has 1 saturated heterocycles. The van der Waals surface area contributed by atoms with E-state index >= 15 is 0 Å². The van der Waals surface area contributed by atoms with Crippen molar-refractivity contribution >= 4 is 11.9 Å². The maximum absolute atomic E-state index is 13.1. The molecule has 0 radical (unpaired) electrons.